The van der Waals surface area contributed by atoms with Crippen molar-refractivity contribution in [3.63, 3.8) is 0 Å². The molecule has 152 valence electrons. The Hall–Kier alpha value is -1.34. The van der Waals surface area contributed by atoms with Gasteiger partial charge in [0, 0.05) is 25.2 Å². The minimum atomic E-state index is -0.768. The Balaban J connectivity index is 0.00000210. The van der Waals surface area contributed by atoms with E-state index in [1.165, 1.54) is 12.8 Å². The van der Waals surface area contributed by atoms with E-state index < -0.39 is 11.6 Å². The van der Waals surface area contributed by atoms with Gasteiger partial charge in [0.1, 0.15) is 12.1 Å². The molecule has 4 amide bonds. The number of hydrogen-bond acceptors (Lipinski definition) is 4. The van der Waals surface area contributed by atoms with Crippen molar-refractivity contribution in [3.05, 3.63) is 0 Å². The molecule has 2 N–H and O–H groups in total. The van der Waals surface area contributed by atoms with Crippen molar-refractivity contribution in [1.82, 2.24) is 20.4 Å². The first-order chi connectivity index (χ1) is 12.4. The highest BCUT2D eigenvalue weighted by Gasteiger charge is 2.52. The predicted octanol–water partition coefficient (Wildman–Crippen LogP) is 1.65. The fourth-order valence-corrected chi connectivity index (χ4v) is 5.21. The van der Waals surface area contributed by atoms with Gasteiger partial charge >= 0.3 is 6.03 Å². The molecule has 8 heteroatoms. The number of likely N-dealkylation sites (N-methyl/N-ethyl adjacent to an activating group) is 1. The molecule has 3 aliphatic heterocycles. The van der Waals surface area contributed by atoms with Gasteiger partial charge in [0.25, 0.3) is 5.91 Å². The fourth-order valence-electron chi connectivity index (χ4n) is 5.21. The van der Waals surface area contributed by atoms with E-state index in [0.29, 0.717) is 30.8 Å². The maximum Gasteiger partial charge on any atom is 0.325 e. The Morgan fingerprint density at radius 2 is 1.74 bits per heavy atom. The van der Waals surface area contributed by atoms with E-state index in [1.807, 2.05) is 7.05 Å². The second kappa shape index (κ2) is 7.59. The molecule has 2 unspecified atom stereocenters. The minimum Gasteiger partial charge on any atom is -0.341 e. The minimum absolute atomic E-state index is 0. The predicted molar refractivity (Wildman–Crippen MR) is 104 cm³/mol. The Morgan fingerprint density at radius 1 is 1.15 bits per heavy atom. The van der Waals surface area contributed by atoms with Crippen molar-refractivity contribution in [1.29, 1.82) is 0 Å². The Bertz CT molecular complexity index is 608. The number of amides is 4. The summed E-state index contributed by atoms with van der Waals surface area (Å²) in [6.45, 7) is 2.04. The van der Waals surface area contributed by atoms with Crippen molar-refractivity contribution < 1.29 is 14.4 Å². The van der Waals surface area contributed by atoms with Gasteiger partial charge in [-0.2, -0.15) is 0 Å². The summed E-state index contributed by atoms with van der Waals surface area (Å²) in [5, 5.41) is 6.47. The molecule has 1 spiro atoms. The third-order valence-corrected chi connectivity index (χ3v) is 7.06. The molecule has 0 aromatic rings. The first kappa shape index (κ1) is 20.4. The number of hydrogen-bond donors (Lipinski definition) is 2. The van der Waals surface area contributed by atoms with Gasteiger partial charge in [0.2, 0.25) is 5.91 Å². The lowest BCUT2D eigenvalue weighted by Gasteiger charge is -2.36. The standard InChI is InChI=1S/C19H30N4O3.ClH/c1-12-5-7-19(8-6-12)17(25)23(18(26)21-19)11-16(24)22(2)15-9-13-3-4-14(10-15)20-13;/h12-15,20H,3-11H2,1-2H3,(H,21,26);1H. The van der Waals surface area contributed by atoms with Gasteiger partial charge in [-0.05, 0) is 57.3 Å². The number of imide groups is 1. The summed E-state index contributed by atoms with van der Waals surface area (Å²) < 4.78 is 0. The Morgan fingerprint density at radius 3 is 2.33 bits per heavy atom. The monoisotopic (exact) mass is 398 g/mol. The number of nitrogens with one attached hydrogen (secondary N) is 2. The second-order valence-electron chi connectivity index (χ2n) is 8.85. The zero-order chi connectivity index (χ0) is 18.5. The van der Waals surface area contributed by atoms with E-state index in [-0.39, 0.29) is 36.8 Å². The van der Waals surface area contributed by atoms with Gasteiger partial charge in [-0.3, -0.25) is 14.5 Å². The molecule has 3 saturated heterocycles. The molecule has 1 saturated carbocycles. The summed E-state index contributed by atoms with van der Waals surface area (Å²) >= 11 is 0. The topological polar surface area (TPSA) is 81.8 Å². The second-order valence-corrected chi connectivity index (χ2v) is 8.85. The van der Waals surface area contributed by atoms with Crippen molar-refractivity contribution in [2.45, 2.75) is 82.0 Å². The van der Waals surface area contributed by atoms with E-state index in [2.05, 4.69) is 17.6 Å². The van der Waals surface area contributed by atoms with Crippen molar-refractivity contribution in [3.8, 4) is 0 Å². The maximum atomic E-state index is 12.9. The van der Waals surface area contributed by atoms with Crippen LogP contribution in [0.15, 0.2) is 0 Å². The maximum absolute atomic E-state index is 12.9. The van der Waals surface area contributed by atoms with Crippen LogP contribution in [0.25, 0.3) is 0 Å². The van der Waals surface area contributed by atoms with Crippen molar-refractivity contribution in [2.75, 3.05) is 13.6 Å². The zero-order valence-electron chi connectivity index (χ0n) is 16.2. The van der Waals surface area contributed by atoms with Gasteiger partial charge in [0.15, 0.2) is 0 Å². The summed E-state index contributed by atoms with van der Waals surface area (Å²) in [6.07, 6.45) is 7.50. The van der Waals surface area contributed by atoms with E-state index >= 15 is 0 Å². The van der Waals surface area contributed by atoms with Crippen LogP contribution < -0.4 is 10.6 Å². The molecule has 4 rings (SSSR count). The number of rotatable bonds is 3. The van der Waals surface area contributed by atoms with Crippen LogP contribution in [0.3, 0.4) is 0 Å². The first-order valence-electron chi connectivity index (χ1n) is 10.0. The van der Waals surface area contributed by atoms with Crippen LogP contribution in [0, 0.1) is 5.92 Å². The van der Waals surface area contributed by atoms with Crippen LogP contribution >= 0.6 is 12.4 Å². The number of carbonyl (C=O) groups is 3. The molecule has 3 heterocycles. The molecule has 4 aliphatic rings. The lowest BCUT2D eigenvalue weighted by molar-refractivity contribution is -0.140. The first-order valence-corrected chi connectivity index (χ1v) is 10.0. The van der Waals surface area contributed by atoms with Crippen molar-refractivity contribution >= 4 is 30.3 Å². The molecular formula is C19H31ClN4O3. The van der Waals surface area contributed by atoms with E-state index in [9.17, 15) is 14.4 Å². The fraction of sp³-hybridized carbons (Fsp3) is 0.842. The van der Waals surface area contributed by atoms with Gasteiger partial charge in [-0.15, -0.1) is 12.4 Å². The summed E-state index contributed by atoms with van der Waals surface area (Å²) in [5.74, 6) is 0.241. The van der Waals surface area contributed by atoms with Crippen molar-refractivity contribution in [2.24, 2.45) is 5.92 Å². The molecule has 4 fully saturated rings. The molecule has 27 heavy (non-hydrogen) atoms. The molecule has 0 radical (unpaired) electrons. The third-order valence-electron chi connectivity index (χ3n) is 7.06. The summed E-state index contributed by atoms with van der Waals surface area (Å²) in [5.41, 5.74) is -0.768. The lowest BCUT2D eigenvalue weighted by atomic mass is 9.77. The number of piperidine rings is 1. The summed E-state index contributed by atoms with van der Waals surface area (Å²) in [7, 11) is 1.81. The quantitative estimate of drug-likeness (QED) is 0.708. The lowest BCUT2D eigenvalue weighted by Crippen LogP contribution is -2.52. The highest BCUT2D eigenvalue weighted by Crippen LogP contribution is 2.36. The molecular weight excluding hydrogens is 368 g/mol. The third kappa shape index (κ3) is 3.68. The van der Waals surface area contributed by atoms with Crippen LogP contribution in [-0.2, 0) is 9.59 Å². The van der Waals surface area contributed by atoms with Gasteiger partial charge < -0.3 is 15.5 Å². The SMILES string of the molecule is CC1CCC2(CC1)NC(=O)N(CC(=O)N(C)C1CC3CCC(C1)N3)C2=O.Cl. The van der Waals surface area contributed by atoms with E-state index in [1.54, 1.807) is 4.90 Å². The number of carbonyl (C=O) groups excluding carboxylic acids is 3. The van der Waals surface area contributed by atoms with Crippen LogP contribution in [0.1, 0.15) is 58.3 Å². The summed E-state index contributed by atoms with van der Waals surface area (Å²) in [4.78, 5) is 41.0. The molecule has 0 aromatic carbocycles. The van der Waals surface area contributed by atoms with E-state index in [4.69, 9.17) is 0 Å². The molecule has 0 aromatic heterocycles. The zero-order valence-corrected chi connectivity index (χ0v) is 17.0. The highest BCUT2D eigenvalue weighted by atomic mass is 35.5. The molecule has 7 nitrogen and oxygen atoms in total. The van der Waals surface area contributed by atoms with Gasteiger partial charge in [0.05, 0.1) is 0 Å². The molecule has 2 bridgehead atoms. The van der Waals surface area contributed by atoms with E-state index in [0.717, 1.165) is 30.6 Å². The van der Waals surface area contributed by atoms with Gasteiger partial charge in [-0.1, -0.05) is 6.92 Å². The van der Waals surface area contributed by atoms with Crippen LogP contribution in [-0.4, -0.2) is 64.9 Å². The average Bonchev–Trinajstić information content (AvgIpc) is 3.08. The van der Waals surface area contributed by atoms with Crippen LogP contribution in [0.2, 0.25) is 0 Å². The molecule has 1 aliphatic carbocycles. The number of urea groups is 1. The average molecular weight is 399 g/mol. The summed E-state index contributed by atoms with van der Waals surface area (Å²) in [6, 6.07) is 0.791. The Kier molecular flexibility index (Phi) is 5.73. The molecule has 2 atom stereocenters. The normalized spacial score (nSPS) is 37.9. The smallest absolute Gasteiger partial charge is 0.325 e. The van der Waals surface area contributed by atoms with Crippen LogP contribution in [0.5, 0.6) is 0 Å². The van der Waals surface area contributed by atoms with Gasteiger partial charge in [-0.25, -0.2) is 4.79 Å². The largest absolute Gasteiger partial charge is 0.341 e. The highest BCUT2D eigenvalue weighted by molar-refractivity contribution is 6.09. The number of nitrogens with zero attached hydrogens (tertiary/aromatic N) is 2. The number of fused-ring (bicyclic) bond motifs is 2. The Labute approximate surface area is 167 Å². The number of halogens is 1. The van der Waals surface area contributed by atoms with Crippen LogP contribution in [0.4, 0.5) is 4.79 Å².